The summed E-state index contributed by atoms with van der Waals surface area (Å²) >= 11 is 0. The summed E-state index contributed by atoms with van der Waals surface area (Å²) < 4.78 is 1.69. The maximum absolute atomic E-state index is 12.2. The SMILES string of the molecule is CN(C)C(CNC(=O)NCc1ccnc(-n2cccn2)c1)c1ccccc1. The van der Waals surface area contributed by atoms with Gasteiger partial charge in [-0.2, -0.15) is 5.10 Å². The number of amides is 2. The van der Waals surface area contributed by atoms with E-state index in [0.29, 0.717) is 13.1 Å². The Morgan fingerprint density at radius 3 is 2.63 bits per heavy atom. The molecule has 0 radical (unpaired) electrons. The van der Waals surface area contributed by atoms with Crippen molar-refractivity contribution in [2.45, 2.75) is 12.6 Å². The van der Waals surface area contributed by atoms with Gasteiger partial charge in [0.05, 0.1) is 6.04 Å². The largest absolute Gasteiger partial charge is 0.336 e. The molecule has 1 aromatic carbocycles. The summed E-state index contributed by atoms with van der Waals surface area (Å²) in [7, 11) is 4.01. The van der Waals surface area contributed by atoms with Gasteiger partial charge in [-0.3, -0.25) is 0 Å². The minimum absolute atomic E-state index is 0.115. The molecule has 140 valence electrons. The third kappa shape index (κ3) is 5.15. The van der Waals surface area contributed by atoms with E-state index in [9.17, 15) is 4.79 Å². The van der Waals surface area contributed by atoms with Crippen LogP contribution >= 0.6 is 0 Å². The van der Waals surface area contributed by atoms with Gasteiger partial charge < -0.3 is 15.5 Å². The molecular formula is C20H24N6O. The number of urea groups is 1. The minimum atomic E-state index is -0.199. The van der Waals surface area contributed by atoms with Crippen molar-refractivity contribution in [2.24, 2.45) is 0 Å². The van der Waals surface area contributed by atoms with Crippen molar-refractivity contribution in [2.75, 3.05) is 20.6 Å². The summed E-state index contributed by atoms with van der Waals surface area (Å²) in [5.41, 5.74) is 2.12. The summed E-state index contributed by atoms with van der Waals surface area (Å²) in [6.45, 7) is 0.943. The average Bonchev–Trinajstić information content (AvgIpc) is 3.22. The third-order valence-corrected chi connectivity index (χ3v) is 4.27. The number of carbonyl (C=O) groups excluding carboxylic acids is 1. The zero-order chi connectivity index (χ0) is 19.1. The summed E-state index contributed by atoms with van der Waals surface area (Å²) in [6.07, 6.45) is 5.24. The van der Waals surface area contributed by atoms with Crippen molar-refractivity contribution in [3.8, 4) is 5.82 Å². The Balaban J connectivity index is 1.53. The van der Waals surface area contributed by atoms with Crippen LogP contribution in [0.25, 0.3) is 5.82 Å². The Labute approximate surface area is 159 Å². The summed E-state index contributed by atoms with van der Waals surface area (Å²) in [6, 6.07) is 15.7. The smallest absolute Gasteiger partial charge is 0.315 e. The van der Waals surface area contributed by atoms with Gasteiger partial charge in [-0.1, -0.05) is 30.3 Å². The molecule has 2 N–H and O–H groups in total. The first-order valence-electron chi connectivity index (χ1n) is 8.81. The zero-order valence-corrected chi connectivity index (χ0v) is 15.5. The third-order valence-electron chi connectivity index (χ3n) is 4.27. The van der Waals surface area contributed by atoms with Crippen molar-refractivity contribution in [1.82, 2.24) is 30.3 Å². The van der Waals surface area contributed by atoms with Gasteiger partial charge in [-0.05, 0) is 43.4 Å². The van der Waals surface area contributed by atoms with Crippen LogP contribution in [0.5, 0.6) is 0 Å². The van der Waals surface area contributed by atoms with Crippen molar-refractivity contribution < 1.29 is 4.79 Å². The van der Waals surface area contributed by atoms with Crippen LogP contribution in [0.4, 0.5) is 4.79 Å². The number of hydrogen-bond donors (Lipinski definition) is 2. The fraction of sp³-hybridized carbons (Fsp3) is 0.250. The van der Waals surface area contributed by atoms with Crippen molar-refractivity contribution in [3.05, 3.63) is 78.2 Å². The second-order valence-corrected chi connectivity index (χ2v) is 6.43. The van der Waals surface area contributed by atoms with Crippen LogP contribution in [0, 0.1) is 0 Å². The molecule has 0 saturated heterocycles. The summed E-state index contributed by atoms with van der Waals surface area (Å²) in [4.78, 5) is 18.6. The molecule has 1 atom stereocenters. The van der Waals surface area contributed by atoms with Crippen LogP contribution in [0.1, 0.15) is 17.2 Å². The van der Waals surface area contributed by atoms with Gasteiger partial charge >= 0.3 is 6.03 Å². The zero-order valence-electron chi connectivity index (χ0n) is 15.5. The molecule has 0 saturated carbocycles. The van der Waals surface area contributed by atoms with Crippen LogP contribution in [0.3, 0.4) is 0 Å². The van der Waals surface area contributed by atoms with Gasteiger partial charge in [0.15, 0.2) is 5.82 Å². The first kappa shape index (κ1) is 18.6. The fourth-order valence-corrected chi connectivity index (χ4v) is 2.81. The van der Waals surface area contributed by atoms with Crippen LogP contribution in [-0.4, -0.2) is 46.3 Å². The highest BCUT2D eigenvalue weighted by molar-refractivity contribution is 5.73. The number of nitrogens with zero attached hydrogens (tertiary/aromatic N) is 4. The fourth-order valence-electron chi connectivity index (χ4n) is 2.81. The monoisotopic (exact) mass is 364 g/mol. The lowest BCUT2D eigenvalue weighted by Gasteiger charge is -2.25. The average molecular weight is 364 g/mol. The summed E-state index contributed by atoms with van der Waals surface area (Å²) in [5.74, 6) is 0.719. The maximum Gasteiger partial charge on any atom is 0.315 e. The second-order valence-electron chi connectivity index (χ2n) is 6.43. The van der Waals surface area contributed by atoms with E-state index in [2.05, 4.69) is 37.7 Å². The molecule has 2 aromatic heterocycles. The predicted molar refractivity (Wildman–Crippen MR) is 104 cm³/mol. The molecule has 3 aromatic rings. The maximum atomic E-state index is 12.2. The Kier molecular flexibility index (Phi) is 6.17. The van der Waals surface area contributed by atoms with Gasteiger partial charge in [-0.25, -0.2) is 14.5 Å². The topological polar surface area (TPSA) is 75.1 Å². The van der Waals surface area contributed by atoms with Crippen LogP contribution in [-0.2, 0) is 6.54 Å². The van der Waals surface area contributed by atoms with E-state index in [4.69, 9.17) is 0 Å². The highest BCUT2D eigenvalue weighted by Gasteiger charge is 2.14. The van der Waals surface area contributed by atoms with Crippen molar-refractivity contribution in [3.63, 3.8) is 0 Å². The Hall–Kier alpha value is -3.19. The highest BCUT2D eigenvalue weighted by Crippen LogP contribution is 2.16. The molecule has 0 aliphatic heterocycles. The lowest BCUT2D eigenvalue weighted by molar-refractivity contribution is 0.232. The van der Waals surface area contributed by atoms with E-state index in [-0.39, 0.29) is 12.1 Å². The molecule has 0 bridgehead atoms. The van der Waals surface area contributed by atoms with Gasteiger partial charge in [0.25, 0.3) is 0 Å². The standard InChI is InChI=1S/C20H24N6O/c1-25(2)18(17-7-4-3-5-8-17)15-23-20(27)22-14-16-9-11-21-19(13-16)26-12-6-10-24-26/h3-13,18H,14-15H2,1-2H3,(H2,22,23,27). The molecule has 1 unspecified atom stereocenters. The first-order chi connectivity index (χ1) is 13.1. The predicted octanol–water partition coefficient (Wildman–Crippen LogP) is 2.37. The molecule has 0 fully saturated rings. The molecule has 3 rings (SSSR count). The second kappa shape index (κ2) is 8.95. The van der Waals surface area contributed by atoms with Crippen LogP contribution < -0.4 is 10.6 Å². The van der Waals surface area contributed by atoms with Gasteiger partial charge in [0.2, 0.25) is 0 Å². The molecule has 0 aliphatic carbocycles. The van der Waals surface area contributed by atoms with Crippen molar-refractivity contribution >= 4 is 6.03 Å². The van der Waals surface area contributed by atoms with Crippen LogP contribution in [0.2, 0.25) is 0 Å². The number of aromatic nitrogens is 3. The van der Waals surface area contributed by atoms with E-state index in [1.54, 1.807) is 17.1 Å². The normalized spacial score (nSPS) is 12.0. The molecule has 7 nitrogen and oxygen atoms in total. The van der Waals surface area contributed by atoms with E-state index in [1.165, 1.54) is 5.56 Å². The molecule has 7 heteroatoms. The number of pyridine rings is 1. The lowest BCUT2D eigenvalue weighted by atomic mass is 10.1. The number of likely N-dealkylation sites (N-methyl/N-ethyl adjacent to an activating group) is 1. The molecule has 2 heterocycles. The van der Waals surface area contributed by atoms with Crippen molar-refractivity contribution in [1.29, 1.82) is 0 Å². The number of benzene rings is 1. The van der Waals surface area contributed by atoms with E-state index in [1.807, 2.05) is 56.7 Å². The molecule has 0 aliphatic rings. The molecule has 27 heavy (non-hydrogen) atoms. The number of rotatable bonds is 7. The molecule has 0 spiro atoms. The van der Waals surface area contributed by atoms with Crippen LogP contribution in [0.15, 0.2) is 67.1 Å². The van der Waals surface area contributed by atoms with Gasteiger partial charge in [0.1, 0.15) is 0 Å². The van der Waals surface area contributed by atoms with Gasteiger partial charge in [-0.15, -0.1) is 0 Å². The van der Waals surface area contributed by atoms with E-state index >= 15 is 0 Å². The lowest BCUT2D eigenvalue weighted by Crippen LogP contribution is -2.40. The minimum Gasteiger partial charge on any atom is -0.336 e. The quantitative estimate of drug-likeness (QED) is 0.675. The Morgan fingerprint density at radius 2 is 1.93 bits per heavy atom. The van der Waals surface area contributed by atoms with E-state index < -0.39 is 0 Å². The number of nitrogens with one attached hydrogen (secondary N) is 2. The molecular weight excluding hydrogens is 340 g/mol. The Morgan fingerprint density at radius 1 is 1.11 bits per heavy atom. The Bertz CT molecular complexity index is 848. The molecule has 2 amide bonds. The van der Waals surface area contributed by atoms with Gasteiger partial charge in [0, 0.05) is 31.7 Å². The summed E-state index contributed by atoms with van der Waals surface area (Å²) in [5, 5.41) is 10.0. The highest BCUT2D eigenvalue weighted by atomic mass is 16.2. The number of hydrogen-bond acceptors (Lipinski definition) is 4. The number of carbonyl (C=O) groups is 1. The first-order valence-corrected chi connectivity index (χ1v) is 8.81. The van der Waals surface area contributed by atoms with E-state index in [0.717, 1.165) is 11.4 Å².